The lowest BCUT2D eigenvalue weighted by atomic mass is 10.3. The molecule has 0 aliphatic heterocycles. The first-order valence-corrected chi connectivity index (χ1v) is 8.77. The van der Waals surface area contributed by atoms with Crippen LogP contribution in [0.1, 0.15) is 19.8 Å². The highest BCUT2D eigenvalue weighted by atomic mass is 35.5. The number of aromatic nitrogens is 4. The number of halogens is 2. The summed E-state index contributed by atoms with van der Waals surface area (Å²) in [5, 5.41) is 9.80. The van der Waals surface area contributed by atoms with Crippen molar-refractivity contribution in [3.63, 3.8) is 0 Å². The van der Waals surface area contributed by atoms with E-state index in [0.717, 1.165) is 29.9 Å². The number of aromatic amines is 1. The van der Waals surface area contributed by atoms with Crippen molar-refractivity contribution in [1.29, 1.82) is 5.41 Å². The quantitative estimate of drug-likeness (QED) is 0.697. The van der Waals surface area contributed by atoms with E-state index >= 15 is 0 Å². The topological polar surface area (TPSA) is 70.3 Å². The van der Waals surface area contributed by atoms with Gasteiger partial charge >= 0.3 is 0 Å². The monoisotopic (exact) mass is 367 g/mol. The SMILES string of the molecule is CCCCn1cnc(=N)c2[nH]c(Sc3cc(Cl)cc(Cl)c3)nc21. The number of hydrogen-bond acceptors (Lipinski definition) is 4. The molecule has 0 bridgehead atoms. The van der Waals surface area contributed by atoms with Crippen molar-refractivity contribution in [2.45, 2.75) is 36.4 Å². The average Bonchev–Trinajstić information content (AvgIpc) is 2.90. The van der Waals surface area contributed by atoms with Gasteiger partial charge in [-0.25, -0.2) is 9.97 Å². The zero-order valence-electron chi connectivity index (χ0n) is 12.4. The number of hydrogen-bond donors (Lipinski definition) is 2. The van der Waals surface area contributed by atoms with Crippen molar-refractivity contribution in [2.75, 3.05) is 0 Å². The highest BCUT2D eigenvalue weighted by Gasteiger charge is 2.10. The van der Waals surface area contributed by atoms with Crippen molar-refractivity contribution < 1.29 is 0 Å². The van der Waals surface area contributed by atoms with Crippen LogP contribution in [0.5, 0.6) is 0 Å². The van der Waals surface area contributed by atoms with E-state index in [1.165, 1.54) is 11.8 Å². The number of nitrogens with zero attached hydrogens (tertiary/aromatic N) is 3. The zero-order chi connectivity index (χ0) is 16.4. The molecular weight excluding hydrogens is 353 g/mol. The molecule has 0 unspecified atom stereocenters. The highest BCUT2D eigenvalue weighted by molar-refractivity contribution is 7.99. The molecule has 3 rings (SSSR count). The summed E-state index contributed by atoms with van der Waals surface area (Å²) in [6.07, 6.45) is 3.80. The van der Waals surface area contributed by atoms with E-state index in [4.69, 9.17) is 28.6 Å². The molecule has 3 aromatic rings. The Morgan fingerprint density at radius 3 is 2.70 bits per heavy atom. The Morgan fingerprint density at radius 1 is 1.26 bits per heavy atom. The minimum absolute atomic E-state index is 0.191. The van der Waals surface area contributed by atoms with E-state index in [0.29, 0.717) is 20.7 Å². The molecule has 2 aromatic heterocycles. The second-order valence-electron chi connectivity index (χ2n) is 5.09. The van der Waals surface area contributed by atoms with Gasteiger partial charge in [0, 0.05) is 21.5 Å². The van der Waals surface area contributed by atoms with Gasteiger partial charge in [-0.3, -0.25) is 5.41 Å². The number of H-pyrrole nitrogens is 1. The fourth-order valence-electron chi connectivity index (χ4n) is 2.20. The molecule has 0 saturated heterocycles. The molecule has 0 spiro atoms. The molecule has 0 fully saturated rings. The van der Waals surface area contributed by atoms with E-state index in [9.17, 15) is 0 Å². The molecule has 0 aliphatic rings. The minimum Gasteiger partial charge on any atom is -0.328 e. The Bertz CT molecular complexity index is 882. The molecule has 2 N–H and O–H groups in total. The lowest BCUT2D eigenvalue weighted by Gasteiger charge is -2.04. The number of fused-ring (bicyclic) bond motifs is 1. The number of nitrogens with one attached hydrogen (secondary N) is 2. The van der Waals surface area contributed by atoms with E-state index in [1.807, 2.05) is 16.7 Å². The second-order valence-corrected chi connectivity index (χ2v) is 7.02. The lowest BCUT2D eigenvalue weighted by molar-refractivity contribution is 0.631. The summed E-state index contributed by atoms with van der Waals surface area (Å²) in [5.74, 6) is 0. The van der Waals surface area contributed by atoms with Crippen LogP contribution in [0.15, 0.2) is 34.6 Å². The Kier molecular flexibility index (Phi) is 4.94. The molecule has 120 valence electrons. The molecule has 0 atom stereocenters. The van der Waals surface area contributed by atoms with Crippen LogP contribution in [-0.2, 0) is 6.54 Å². The molecule has 1 aromatic carbocycles. The maximum atomic E-state index is 7.95. The Balaban J connectivity index is 1.98. The van der Waals surface area contributed by atoms with Gasteiger partial charge in [-0.2, -0.15) is 0 Å². The van der Waals surface area contributed by atoms with Crippen LogP contribution in [0, 0.1) is 5.41 Å². The van der Waals surface area contributed by atoms with Gasteiger partial charge in [-0.1, -0.05) is 48.3 Å². The molecule has 8 heteroatoms. The van der Waals surface area contributed by atoms with Gasteiger partial charge in [-0.05, 0) is 24.6 Å². The van der Waals surface area contributed by atoms with E-state index in [1.54, 1.807) is 12.4 Å². The van der Waals surface area contributed by atoms with Gasteiger partial charge in [0.05, 0.1) is 6.33 Å². The van der Waals surface area contributed by atoms with Gasteiger partial charge in [0.2, 0.25) is 0 Å². The molecule has 5 nitrogen and oxygen atoms in total. The van der Waals surface area contributed by atoms with Gasteiger partial charge in [-0.15, -0.1) is 0 Å². The standard InChI is InChI=1S/C15H15Cl2N5S/c1-2-3-4-22-8-19-13(18)12-14(22)21-15(20-12)23-11-6-9(16)5-10(17)7-11/h5-8,18H,2-4H2,1H3,(H,20,21). The summed E-state index contributed by atoms with van der Waals surface area (Å²) in [5.41, 5.74) is 1.57. The number of unbranched alkanes of at least 4 members (excludes halogenated alkanes) is 1. The second kappa shape index (κ2) is 6.95. The minimum atomic E-state index is 0.191. The zero-order valence-corrected chi connectivity index (χ0v) is 14.8. The predicted octanol–water partition coefficient (Wildman–Crippen LogP) is 4.50. The van der Waals surface area contributed by atoms with Crippen LogP contribution in [-0.4, -0.2) is 19.5 Å². The smallest absolute Gasteiger partial charge is 0.173 e. The molecular formula is C15H15Cl2N5S. The first-order chi connectivity index (χ1) is 11.1. The maximum absolute atomic E-state index is 7.95. The third kappa shape index (κ3) is 3.71. The fraction of sp³-hybridized carbons (Fsp3) is 0.267. The van der Waals surface area contributed by atoms with E-state index < -0.39 is 0 Å². The van der Waals surface area contributed by atoms with Gasteiger partial charge in [0.1, 0.15) is 5.52 Å². The third-order valence-corrected chi connectivity index (χ3v) is 4.60. The molecule has 0 radical (unpaired) electrons. The molecule has 0 amide bonds. The summed E-state index contributed by atoms with van der Waals surface area (Å²) in [6.45, 7) is 2.97. The third-order valence-electron chi connectivity index (χ3n) is 3.30. The van der Waals surface area contributed by atoms with Gasteiger partial charge in [0.25, 0.3) is 0 Å². The van der Waals surface area contributed by atoms with Crippen molar-refractivity contribution in [1.82, 2.24) is 19.5 Å². The van der Waals surface area contributed by atoms with Crippen molar-refractivity contribution in [3.8, 4) is 0 Å². The number of aryl methyl sites for hydroxylation is 1. The first-order valence-electron chi connectivity index (χ1n) is 7.20. The Labute approximate surface area is 147 Å². The summed E-state index contributed by atoms with van der Waals surface area (Å²) in [7, 11) is 0. The van der Waals surface area contributed by atoms with Crippen LogP contribution in [0.4, 0.5) is 0 Å². The van der Waals surface area contributed by atoms with Gasteiger partial charge < -0.3 is 9.55 Å². The highest BCUT2D eigenvalue weighted by Crippen LogP contribution is 2.31. The molecule has 2 heterocycles. The molecule has 23 heavy (non-hydrogen) atoms. The predicted molar refractivity (Wildman–Crippen MR) is 93.2 cm³/mol. The molecule has 0 saturated carbocycles. The Hall–Kier alpha value is -1.50. The number of benzene rings is 1. The van der Waals surface area contributed by atoms with Crippen molar-refractivity contribution in [3.05, 3.63) is 40.1 Å². The summed E-state index contributed by atoms with van der Waals surface area (Å²) in [4.78, 5) is 12.8. The van der Waals surface area contributed by atoms with Crippen LogP contribution < -0.4 is 5.49 Å². The van der Waals surface area contributed by atoms with Crippen LogP contribution in [0.3, 0.4) is 0 Å². The number of imidazole rings is 1. The number of rotatable bonds is 5. The average molecular weight is 368 g/mol. The largest absolute Gasteiger partial charge is 0.328 e. The first kappa shape index (κ1) is 16.4. The fourth-order valence-corrected chi connectivity index (χ4v) is 3.74. The van der Waals surface area contributed by atoms with Crippen LogP contribution in [0.25, 0.3) is 11.2 Å². The van der Waals surface area contributed by atoms with Crippen LogP contribution in [0.2, 0.25) is 10.0 Å². The van der Waals surface area contributed by atoms with Gasteiger partial charge in [0.15, 0.2) is 16.3 Å². The Morgan fingerprint density at radius 2 is 2.00 bits per heavy atom. The van der Waals surface area contributed by atoms with E-state index in [2.05, 4.69) is 21.9 Å². The lowest BCUT2D eigenvalue weighted by Crippen LogP contribution is -2.12. The molecule has 0 aliphatic carbocycles. The normalized spacial score (nSPS) is 11.3. The van der Waals surface area contributed by atoms with Crippen molar-refractivity contribution >= 4 is 46.1 Å². The van der Waals surface area contributed by atoms with E-state index in [-0.39, 0.29) is 5.49 Å². The summed E-state index contributed by atoms with van der Waals surface area (Å²) < 4.78 is 1.97. The van der Waals surface area contributed by atoms with Crippen molar-refractivity contribution in [2.24, 2.45) is 0 Å². The van der Waals surface area contributed by atoms with Crippen LogP contribution >= 0.6 is 35.0 Å². The maximum Gasteiger partial charge on any atom is 0.173 e. The summed E-state index contributed by atoms with van der Waals surface area (Å²) >= 11 is 13.5. The summed E-state index contributed by atoms with van der Waals surface area (Å²) in [6, 6.07) is 5.35.